The van der Waals surface area contributed by atoms with Crippen LogP contribution in [0.3, 0.4) is 0 Å². The Morgan fingerprint density at radius 1 is 1.52 bits per heavy atom. The van der Waals surface area contributed by atoms with Gasteiger partial charge in [0.2, 0.25) is 11.8 Å². The van der Waals surface area contributed by atoms with Crippen LogP contribution >= 0.6 is 23.1 Å². The molecule has 0 saturated carbocycles. The van der Waals surface area contributed by atoms with Crippen LogP contribution in [0, 0.1) is 5.92 Å². The fourth-order valence-electron chi connectivity index (χ4n) is 2.29. The lowest BCUT2D eigenvalue weighted by Crippen LogP contribution is -2.48. The summed E-state index contributed by atoms with van der Waals surface area (Å²) in [7, 11) is 1.82. The first-order valence-electron chi connectivity index (χ1n) is 7.20. The summed E-state index contributed by atoms with van der Waals surface area (Å²) in [5.74, 6) is 1.47. The van der Waals surface area contributed by atoms with Crippen LogP contribution in [0.1, 0.15) is 25.1 Å². The Morgan fingerprint density at radius 3 is 2.90 bits per heavy atom. The molecule has 0 radical (unpaired) electrons. The van der Waals surface area contributed by atoms with Crippen molar-refractivity contribution in [3.63, 3.8) is 0 Å². The van der Waals surface area contributed by atoms with Crippen LogP contribution in [0.25, 0.3) is 0 Å². The quantitative estimate of drug-likeness (QED) is 0.835. The topological polar surface area (TPSA) is 40.6 Å². The summed E-state index contributed by atoms with van der Waals surface area (Å²) in [6, 6.07) is 3.71. The normalized spacial score (nSPS) is 19.6. The van der Waals surface area contributed by atoms with Gasteiger partial charge in [-0.3, -0.25) is 9.59 Å². The summed E-state index contributed by atoms with van der Waals surface area (Å²) >= 11 is 3.31. The van der Waals surface area contributed by atoms with E-state index in [4.69, 9.17) is 0 Å². The number of thioether (sulfide) groups is 1. The van der Waals surface area contributed by atoms with Gasteiger partial charge in [0.05, 0.1) is 12.4 Å². The number of thiophene rings is 1. The number of nitrogens with zero attached hydrogens (tertiary/aromatic N) is 2. The van der Waals surface area contributed by atoms with Gasteiger partial charge in [0.1, 0.15) is 6.04 Å². The molecule has 0 spiro atoms. The summed E-state index contributed by atoms with van der Waals surface area (Å²) in [4.78, 5) is 29.7. The number of amides is 2. The average Bonchev–Trinajstić information content (AvgIpc) is 3.15. The number of hydrogen-bond donors (Lipinski definition) is 0. The second kappa shape index (κ2) is 7.31. The first-order chi connectivity index (χ1) is 10.0. The Morgan fingerprint density at radius 2 is 2.29 bits per heavy atom. The number of hydrogen-bond acceptors (Lipinski definition) is 4. The maximum atomic E-state index is 12.6. The molecule has 2 heterocycles. The Labute approximate surface area is 134 Å². The van der Waals surface area contributed by atoms with E-state index in [9.17, 15) is 9.59 Å². The Balaban J connectivity index is 2.01. The molecule has 0 N–H and O–H groups in total. The van der Waals surface area contributed by atoms with E-state index < -0.39 is 0 Å². The van der Waals surface area contributed by atoms with Gasteiger partial charge in [0.25, 0.3) is 0 Å². The number of carbonyl (C=O) groups is 2. The summed E-state index contributed by atoms with van der Waals surface area (Å²) in [6.07, 6.45) is 0.811. The van der Waals surface area contributed by atoms with Crippen molar-refractivity contribution in [2.24, 2.45) is 5.92 Å². The third-order valence-corrected chi connectivity index (χ3v) is 5.71. The van der Waals surface area contributed by atoms with Gasteiger partial charge in [0, 0.05) is 23.6 Å². The van der Waals surface area contributed by atoms with Crippen LogP contribution in [0.15, 0.2) is 17.5 Å². The molecule has 0 unspecified atom stereocenters. The molecular weight excluding hydrogens is 304 g/mol. The second-order valence-electron chi connectivity index (χ2n) is 5.41. The number of rotatable bonds is 5. The Kier molecular flexibility index (Phi) is 5.70. The smallest absolute Gasteiger partial charge is 0.246 e. The van der Waals surface area contributed by atoms with E-state index in [1.807, 2.05) is 38.4 Å². The van der Waals surface area contributed by atoms with Crippen molar-refractivity contribution in [3.05, 3.63) is 22.4 Å². The Hall–Kier alpha value is -1.01. The van der Waals surface area contributed by atoms with Gasteiger partial charge < -0.3 is 9.80 Å². The maximum absolute atomic E-state index is 12.6. The molecule has 116 valence electrons. The van der Waals surface area contributed by atoms with Crippen molar-refractivity contribution in [2.75, 3.05) is 18.7 Å². The van der Waals surface area contributed by atoms with Gasteiger partial charge >= 0.3 is 0 Å². The molecule has 2 amide bonds. The van der Waals surface area contributed by atoms with Crippen molar-refractivity contribution < 1.29 is 9.59 Å². The molecule has 1 aromatic rings. The molecule has 2 rings (SSSR count). The molecule has 21 heavy (non-hydrogen) atoms. The highest BCUT2D eigenvalue weighted by atomic mass is 32.2. The van der Waals surface area contributed by atoms with Gasteiger partial charge in [0.15, 0.2) is 0 Å². The van der Waals surface area contributed by atoms with Crippen LogP contribution in [-0.4, -0.2) is 46.3 Å². The molecule has 4 nitrogen and oxygen atoms in total. The fourth-order valence-corrected chi connectivity index (χ4v) is 4.20. The van der Waals surface area contributed by atoms with Crippen LogP contribution in [0.5, 0.6) is 0 Å². The highest BCUT2D eigenvalue weighted by Gasteiger charge is 2.37. The summed E-state index contributed by atoms with van der Waals surface area (Å²) < 4.78 is 0. The van der Waals surface area contributed by atoms with Crippen LogP contribution in [0.4, 0.5) is 0 Å². The second-order valence-corrected chi connectivity index (χ2v) is 7.44. The average molecular weight is 326 g/mol. The minimum Gasteiger partial charge on any atom is -0.339 e. The zero-order valence-corrected chi connectivity index (χ0v) is 14.4. The van der Waals surface area contributed by atoms with Crippen LogP contribution < -0.4 is 0 Å². The number of carbonyl (C=O) groups excluding carboxylic acids is 2. The summed E-state index contributed by atoms with van der Waals surface area (Å²) in [5, 5.41) is 2.01. The van der Waals surface area contributed by atoms with Crippen molar-refractivity contribution in [1.82, 2.24) is 9.80 Å². The van der Waals surface area contributed by atoms with Crippen LogP contribution in [-0.2, 0) is 16.1 Å². The minimum atomic E-state index is -0.304. The lowest BCUT2D eigenvalue weighted by atomic mass is 10.1. The first kappa shape index (κ1) is 16.4. The summed E-state index contributed by atoms with van der Waals surface area (Å²) in [5.41, 5.74) is 0. The number of likely N-dealkylation sites (N-methyl/N-ethyl adjacent to an activating group) is 1. The molecule has 1 aromatic heterocycles. The highest BCUT2D eigenvalue weighted by Crippen LogP contribution is 2.25. The van der Waals surface area contributed by atoms with Gasteiger partial charge in [-0.2, -0.15) is 0 Å². The van der Waals surface area contributed by atoms with Crippen LogP contribution in [0.2, 0.25) is 0 Å². The molecule has 0 aromatic carbocycles. The van der Waals surface area contributed by atoms with Crippen molar-refractivity contribution in [1.29, 1.82) is 0 Å². The zero-order chi connectivity index (χ0) is 15.4. The minimum absolute atomic E-state index is 0.0124. The Bertz CT molecular complexity index is 490. The predicted octanol–water partition coefficient (Wildman–Crippen LogP) is 2.65. The highest BCUT2D eigenvalue weighted by molar-refractivity contribution is 7.99. The third kappa shape index (κ3) is 3.80. The van der Waals surface area contributed by atoms with E-state index in [-0.39, 0.29) is 23.8 Å². The third-order valence-electron chi connectivity index (χ3n) is 3.83. The van der Waals surface area contributed by atoms with E-state index in [0.717, 1.165) is 11.3 Å². The monoisotopic (exact) mass is 326 g/mol. The summed E-state index contributed by atoms with van der Waals surface area (Å²) in [6.45, 7) is 4.55. The lowest BCUT2D eigenvalue weighted by Gasteiger charge is -2.28. The lowest BCUT2D eigenvalue weighted by molar-refractivity contribution is -0.144. The standard InChI is InChI=1S/C15H22N2O2S2/c1-4-11(2)14(18)17-10-20-9-13(17)15(19)16(3)8-12-6-5-7-21-12/h5-7,11,13H,4,8-10H2,1-3H3/t11-,13-/m0/s1. The molecule has 2 atom stereocenters. The van der Waals surface area contributed by atoms with Crippen molar-refractivity contribution >= 4 is 34.9 Å². The SMILES string of the molecule is CC[C@H](C)C(=O)N1CSC[C@H]1C(=O)N(C)Cc1cccs1. The van der Waals surface area contributed by atoms with Gasteiger partial charge in [-0.15, -0.1) is 23.1 Å². The van der Waals surface area contributed by atoms with Crippen molar-refractivity contribution in [3.8, 4) is 0 Å². The first-order valence-corrected chi connectivity index (χ1v) is 9.23. The molecular formula is C15H22N2O2S2. The molecule has 0 aliphatic carbocycles. The fraction of sp³-hybridized carbons (Fsp3) is 0.600. The van der Waals surface area contributed by atoms with Crippen molar-refractivity contribution in [2.45, 2.75) is 32.9 Å². The van der Waals surface area contributed by atoms with E-state index in [1.165, 1.54) is 0 Å². The molecule has 1 aliphatic rings. The maximum Gasteiger partial charge on any atom is 0.246 e. The molecule has 1 aliphatic heterocycles. The van der Waals surface area contributed by atoms with Gasteiger partial charge in [-0.1, -0.05) is 19.9 Å². The van der Waals surface area contributed by atoms with E-state index in [2.05, 4.69) is 0 Å². The van der Waals surface area contributed by atoms with E-state index in [0.29, 0.717) is 18.2 Å². The largest absolute Gasteiger partial charge is 0.339 e. The zero-order valence-electron chi connectivity index (χ0n) is 12.7. The van der Waals surface area contributed by atoms with Gasteiger partial charge in [-0.25, -0.2) is 0 Å². The molecule has 1 fully saturated rings. The predicted molar refractivity (Wildman–Crippen MR) is 88.2 cm³/mol. The van der Waals surface area contributed by atoms with E-state index in [1.54, 1.807) is 32.9 Å². The van der Waals surface area contributed by atoms with E-state index >= 15 is 0 Å². The molecule has 1 saturated heterocycles. The molecule has 6 heteroatoms. The van der Waals surface area contributed by atoms with Gasteiger partial charge in [-0.05, 0) is 17.9 Å². The molecule has 0 bridgehead atoms.